The fourth-order valence-electron chi connectivity index (χ4n) is 2.97. The fourth-order valence-corrected chi connectivity index (χ4v) is 2.97. The molecular formula is C24H23NO6. The topological polar surface area (TPSA) is 105 Å². The van der Waals surface area contributed by atoms with Gasteiger partial charge < -0.3 is 25.0 Å². The summed E-state index contributed by atoms with van der Waals surface area (Å²) < 4.78 is 11.1. The zero-order valence-electron chi connectivity index (χ0n) is 16.9. The number of carbonyl (C=O) groups excluding carboxylic acids is 1. The first-order valence-electron chi connectivity index (χ1n) is 9.62. The number of carboxylic acid groups (broad SMARTS) is 1. The van der Waals surface area contributed by atoms with Crippen molar-refractivity contribution in [3.8, 4) is 17.2 Å². The summed E-state index contributed by atoms with van der Waals surface area (Å²) in [7, 11) is 1.47. The molecule has 3 rings (SSSR count). The highest BCUT2D eigenvalue weighted by Crippen LogP contribution is 2.29. The van der Waals surface area contributed by atoms with Crippen LogP contribution >= 0.6 is 0 Å². The van der Waals surface area contributed by atoms with Gasteiger partial charge in [0, 0.05) is 12.0 Å². The van der Waals surface area contributed by atoms with Crippen LogP contribution < -0.4 is 14.8 Å². The van der Waals surface area contributed by atoms with Crippen molar-refractivity contribution in [3.63, 3.8) is 0 Å². The van der Waals surface area contributed by atoms with Gasteiger partial charge in [0.1, 0.15) is 18.4 Å². The number of benzene rings is 3. The van der Waals surface area contributed by atoms with Gasteiger partial charge in [0.2, 0.25) is 0 Å². The Labute approximate surface area is 179 Å². The molecule has 0 aliphatic rings. The highest BCUT2D eigenvalue weighted by molar-refractivity contribution is 5.97. The lowest BCUT2D eigenvalue weighted by Gasteiger charge is -2.16. The molecule has 0 fully saturated rings. The van der Waals surface area contributed by atoms with Crippen LogP contribution in [0.4, 0.5) is 0 Å². The Morgan fingerprint density at radius 3 is 2.29 bits per heavy atom. The molecule has 0 bridgehead atoms. The van der Waals surface area contributed by atoms with E-state index >= 15 is 0 Å². The van der Waals surface area contributed by atoms with Gasteiger partial charge >= 0.3 is 5.97 Å². The van der Waals surface area contributed by atoms with Crippen LogP contribution in [0.2, 0.25) is 0 Å². The third kappa shape index (κ3) is 5.99. The van der Waals surface area contributed by atoms with E-state index < -0.39 is 17.9 Å². The number of aromatic hydroxyl groups is 1. The largest absolute Gasteiger partial charge is 0.508 e. The number of ether oxygens (including phenoxy) is 2. The molecule has 3 N–H and O–H groups in total. The van der Waals surface area contributed by atoms with Crippen LogP contribution in [-0.2, 0) is 17.8 Å². The number of amides is 1. The maximum absolute atomic E-state index is 12.7. The van der Waals surface area contributed by atoms with Crippen LogP contribution in [0, 0.1) is 0 Å². The molecule has 0 aliphatic carbocycles. The second-order valence-electron chi connectivity index (χ2n) is 6.87. The normalized spacial score (nSPS) is 11.4. The summed E-state index contributed by atoms with van der Waals surface area (Å²) in [6, 6.07) is 19.3. The highest BCUT2D eigenvalue weighted by Gasteiger charge is 2.22. The molecule has 7 nitrogen and oxygen atoms in total. The van der Waals surface area contributed by atoms with Gasteiger partial charge in [0.25, 0.3) is 5.91 Å². The molecule has 1 atom stereocenters. The number of phenolic OH excluding ortho intramolecular Hbond substituents is 1. The number of nitrogens with one attached hydrogen (secondary N) is 1. The lowest BCUT2D eigenvalue weighted by atomic mass is 10.1. The van der Waals surface area contributed by atoms with Crippen molar-refractivity contribution in [2.24, 2.45) is 0 Å². The van der Waals surface area contributed by atoms with Gasteiger partial charge in [-0.3, -0.25) is 4.79 Å². The number of aliphatic carboxylic acids is 1. The minimum atomic E-state index is -1.16. The molecule has 0 radical (unpaired) electrons. The number of carbonyl (C=O) groups is 2. The van der Waals surface area contributed by atoms with E-state index in [0.29, 0.717) is 23.7 Å². The second kappa shape index (κ2) is 10.2. The van der Waals surface area contributed by atoms with Crippen molar-refractivity contribution >= 4 is 11.9 Å². The number of phenols is 1. The Hall–Kier alpha value is -4.00. The van der Waals surface area contributed by atoms with Gasteiger partial charge in [-0.2, -0.15) is 0 Å². The van der Waals surface area contributed by atoms with Gasteiger partial charge in [-0.25, -0.2) is 4.79 Å². The van der Waals surface area contributed by atoms with E-state index in [2.05, 4.69) is 5.32 Å². The minimum Gasteiger partial charge on any atom is -0.508 e. The molecule has 7 heteroatoms. The average molecular weight is 421 g/mol. The third-order valence-corrected chi connectivity index (χ3v) is 4.64. The summed E-state index contributed by atoms with van der Waals surface area (Å²) in [5.41, 5.74) is 1.92. The van der Waals surface area contributed by atoms with Crippen molar-refractivity contribution in [2.45, 2.75) is 19.1 Å². The van der Waals surface area contributed by atoms with E-state index in [-0.39, 0.29) is 17.7 Å². The van der Waals surface area contributed by atoms with Gasteiger partial charge in [-0.15, -0.1) is 0 Å². The molecule has 31 heavy (non-hydrogen) atoms. The molecule has 0 spiro atoms. The number of hydrogen-bond acceptors (Lipinski definition) is 5. The van der Waals surface area contributed by atoms with Crippen LogP contribution in [-0.4, -0.2) is 35.2 Å². The van der Waals surface area contributed by atoms with Crippen LogP contribution in [0.1, 0.15) is 21.5 Å². The predicted octanol–water partition coefficient (Wildman–Crippen LogP) is 3.41. The summed E-state index contributed by atoms with van der Waals surface area (Å²) in [4.78, 5) is 24.3. The van der Waals surface area contributed by atoms with Crippen LogP contribution in [0.3, 0.4) is 0 Å². The van der Waals surface area contributed by atoms with E-state index in [0.717, 1.165) is 5.56 Å². The summed E-state index contributed by atoms with van der Waals surface area (Å²) in [6.07, 6.45) is 0.0801. The van der Waals surface area contributed by atoms with Gasteiger partial charge in [-0.1, -0.05) is 42.5 Å². The number of methoxy groups -OCH3 is 1. The Morgan fingerprint density at radius 2 is 1.65 bits per heavy atom. The number of rotatable bonds is 9. The minimum absolute atomic E-state index is 0.0801. The van der Waals surface area contributed by atoms with Crippen molar-refractivity contribution in [3.05, 3.63) is 89.5 Å². The molecule has 0 heterocycles. The predicted molar refractivity (Wildman–Crippen MR) is 114 cm³/mol. The van der Waals surface area contributed by atoms with E-state index in [1.165, 1.54) is 25.3 Å². The van der Waals surface area contributed by atoms with Gasteiger partial charge in [0.15, 0.2) is 11.5 Å². The van der Waals surface area contributed by atoms with Crippen molar-refractivity contribution in [2.75, 3.05) is 7.11 Å². The lowest BCUT2D eigenvalue weighted by molar-refractivity contribution is -0.139. The smallest absolute Gasteiger partial charge is 0.326 e. The summed E-state index contributed by atoms with van der Waals surface area (Å²) in [5.74, 6) is -0.771. The molecule has 0 aliphatic heterocycles. The molecule has 3 aromatic carbocycles. The van der Waals surface area contributed by atoms with Crippen molar-refractivity contribution in [1.82, 2.24) is 5.32 Å². The first kappa shape index (κ1) is 21.7. The third-order valence-electron chi connectivity index (χ3n) is 4.64. The maximum Gasteiger partial charge on any atom is 0.326 e. The second-order valence-corrected chi connectivity index (χ2v) is 6.87. The summed E-state index contributed by atoms with van der Waals surface area (Å²) >= 11 is 0. The fraction of sp³-hybridized carbons (Fsp3) is 0.167. The van der Waals surface area contributed by atoms with E-state index in [9.17, 15) is 19.8 Å². The van der Waals surface area contributed by atoms with Crippen molar-refractivity contribution in [1.29, 1.82) is 0 Å². The van der Waals surface area contributed by atoms with Crippen molar-refractivity contribution < 1.29 is 29.3 Å². The Morgan fingerprint density at radius 1 is 0.935 bits per heavy atom. The zero-order chi connectivity index (χ0) is 22.2. The first-order chi connectivity index (χ1) is 15.0. The van der Waals surface area contributed by atoms with Crippen LogP contribution in [0.25, 0.3) is 0 Å². The molecule has 0 saturated heterocycles. The number of hydrogen-bond donors (Lipinski definition) is 3. The maximum atomic E-state index is 12.7. The van der Waals surface area contributed by atoms with Crippen LogP contribution in [0.5, 0.6) is 17.2 Å². The molecule has 160 valence electrons. The monoisotopic (exact) mass is 421 g/mol. The summed E-state index contributed by atoms with van der Waals surface area (Å²) in [5, 5.41) is 21.4. The first-order valence-corrected chi connectivity index (χ1v) is 9.62. The molecule has 0 unspecified atom stereocenters. The van der Waals surface area contributed by atoms with Gasteiger partial charge in [0.05, 0.1) is 7.11 Å². The number of carboxylic acids is 1. The lowest BCUT2D eigenvalue weighted by Crippen LogP contribution is -2.42. The summed E-state index contributed by atoms with van der Waals surface area (Å²) in [6.45, 7) is 0.344. The van der Waals surface area contributed by atoms with E-state index in [1.54, 1.807) is 24.3 Å². The van der Waals surface area contributed by atoms with E-state index in [1.807, 2.05) is 30.3 Å². The molecule has 0 aromatic heterocycles. The van der Waals surface area contributed by atoms with E-state index in [4.69, 9.17) is 9.47 Å². The standard InChI is InChI=1S/C24H23NO6/c1-30-22-14-18(9-12-21(22)31-15-17-5-3-2-4-6-17)23(27)25-20(24(28)29)13-16-7-10-19(26)11-8-16/h2-12,14,20,26H,13,15H2,1H3,(H,25,27)(H,28,29)/t20-/m0/s1. The molecule has 1 amide bonds. The molecule has 3 aromatic rings. The van der Waals surface area contributed by atoms with Crippen LogP contribution in [0.15, 0.2) is 72.8 Å². The highest BCUT2D eigenvalue weighted by atomic mass is 16.5. The Balaban J connectivity index is 1.69. The quantitative estimate of drug-likeness (QED) is 0.489. The average Bonchev–Trinajstić information content (AvgIpc) is 2.79. The molecular weight excluding hydrogens is 398 g/mol. The Bertz CT molecular complexity index is 1030. The van der Waals surface area contributed by atoms with Gasteiger partial charge in [-0.05, 0) is 41.5 Å². The Kier molecular flexibility index (Phi) is 7.11. The SMILES string of the molecule is COc1cc(C(=O)N[C@@H](Cc2ccc(O)cc2)C(=O)O)ccc1OCc1ccccc1. The zero-order valence-corrected chi connectivity index (χ0v) is 16.9. The molecule has 0 saturated carbocycles.